The fourth-order valence-corrected chi connectivity index (χ4v) is 2.41. The summed E-state index contributed by atoms with van der Waals surface area (Å²) in [6.07, 6.45) is 2.68. The molecule has 2 rings (SSSR count). The van der Waals surface area contributed by atoms with Crippen molar-refractivity contribution in [1.29, 1.82) is 0 Å². The summed E-state index contributed by atoms with van der Waals surface area (Å²) in [6, 6.07) is 4.35. The van der Waals surface area contributed by atoms with E-state index >= 15 is 0 Å². The number of hydrogen-bond donors (Lipinski definition) is 1. The van der Waals surface area contributed by atoms with E-state index in [0.29, 0.717) is 6.54 Å². The summed E-state index contributed by atoms with van der Waals surface area (Å²) in [5.41, 5.74) is 8.29. The smallest absolute Gasteiger partial charge is 0.0387 e. The van der Waals surface area contributed by atoms with Crippen molar-refractivity contribution in [2.24, 2.45) is 18.7 Å². The van der Waals surface area contributed by atoms with Crippen molar-refractivity contribution in [3.8, 4) is 0 Å². The van der Waals surface area contributed by atoms with Gasteiger partial charge in [0, 0.05) is 31.5 Å². The molecule has 1 saturated heterocycles. The Labute approximate surface area is 98.2 Å². The Bertz CT molecular complexity index is 335. The lowest BCUT2D eigenvalue weighted by Crippen LogP contribution is -2.33. The number of piperidine rings is 1. The maximum absolute atomic E-state index is 5.68. The van der Waals surface area contributed by atoms with Gasteiger partial charge in [0.15, 0.2) is 0 Å². The van der Waals surface area contributed by atoms with Crippen LogP contribution in [0.3, 0.4) is 0 Å². The van der Waals surface area contributed by atoms with E-state index in [4.69, 9.17) is 5.73 Å². The van der Waals surface area contributed by atoms with E-state index in [9.17, 15) is 0 Å². The van der Waals surface area contributed by atoms with Gasteiger partial charge in [0.05, 0.1) is 0 Å². The molecule has 1 aliphatic heterocycles. The molecule has 0 saturated carbocycles. The first-order chi connectivity index (χ1) is 7.70. The number of rotatable bonds is 3. The zero-order valence-electron chi connectivity index (χ0n) is 10.4. The van der Waals surface area contributed by atoms with E-state index in [1.807, 2.05) is 0 Å². The highest BCUT2D eigenvalue weighted by molar-refractivity contribution is 5.15. The molecule has 90 valence electrons. The van der Waals surface area contributed by atoms with Gasteiger partial charge >= 0.3 is 0 Å². The van der Waals surface area contributed by atoms with Gasteiger partial charge in [-0.2, -0.15) is 0 Å². The Morgan fingerprint density at radius 2 is 1.88 bits per heavy atom. The topological polar surface area (TPSA) is 34.2 Å². The average Bonchev–Trinajstić information content (AvgIpc) is 2.63. The molecule has 0 aromatic carbocycles. The van der Waals surface area contributed by atoms with Gasteiger partial charge < -0.3 is 10.3 Å². The third-order valence-electron chi connectivity index (χ3n) is 3.80. The zero-order valence-corrected chi connectivity index (χ0v) is 10.4. The van der Waals surface area contributed by atoms with Gasteiger partial charge in [0.25, 0.3) is 0 Å². The van der Waals surface area contributed by atoms with Crippen LogP contribution in [0.5, 0.6) is 0 Å². The van der Waals surface area contributed by atoms with Crippen molar-refractivity contribution in [1.82, 2.24) is 9.47 Å². The first-order valence-electron chi connectivity index (χ1n) is 6.26. The molecular weight excluding hydrogens is 198 g/mol. The predicted molar refractivity (Wildman–Crippen MR) is 67.0 cm³/mol. The molecule has 0 aliphatic carbocycles. The molecule has 1 aliphatic rings. The Hall–Kier alpha value is -0.800. The second-order valence-corrected chi connectivity index (χ2v) is 5.04. The van der Waals surface area contributed by atoms with Gasteiger partial charge in [-0.3, -0.25) is 4.90 Å². The van der Waals surface area contributed by atoms with Crippen LogP contribution in [0.1, 0.15) is 31.2 Å². The third-order valence-corrected chi connectivity index (χ3v) is 3.80. The molecule has 2 heterocycles. The van der Waals surface area contributed by atoms with E-state index in [-0.39, 0.29) is 0 Å². The summed E-state index contributed by atoms with van der Waals surface area (Å²) in [5.74, 6) is 0.907. The molecule has 0 amide bonds. The highest BCUT2D eigenvalue weighted by Crippen LogP contribution is 2.18. The number of likely N-dealkylation sites (tertiary alicyclic amines) is 1. The van der Waals surface area contributed by atoms with Gasteiger partial charge in [-0.25, -0.2) is 0 Å². The van der Waals surface area contributed by atoms with E-state index < -0.39 is 0 Å². The second kappa shape index (κ2) is 5.02. The summed E-state index contributed by atoms with van der Waals surface area (Å²) in [5, 5.41) is 0. The molecule has 16 heavy (non-hydrogen) atoms. The monoisotopic (exact) mass is 221 g/mol. The van der Waals surface area contributed by atoms with Gasteiger partial charge in [0.1, 0.15) is 0 Å². The highest BCUT2D eigenvalue weighted by Gasteiger charge is 2.16. The number of hydrogen-bond acceptors (Lipinski definition) is 2. The minimum absolute atomic E-state index is 0.632. The summed E-state index contributed by atoms with van der Waals surface area (Å²) >= 11 is 0. The lowest BCUT2D eigenvalue weighted by atomic mass is 9.99. The molecule has 0 unspecified atom stereocenters. The van der Waals surface area contributed by atoms with Crippen LogP contribution in [0.4, 0.5) is 0 Å². The number of nitrogens with zero attached hydrogens (tertiary/aromatic N) is 2. The number of nitrogens with two attached hydrogens (primary N) is 1. The summed E-state index contributed by atoms with van der Waals surface area (Å²) in [7, 11) is 2.12. The lowest BCUT2D eigenvalue weighted by Gasteiger charge is -2.30. The van der Waals surface area contributed by atoms with Crippen molar-refractivity contribution >= 4 is 0 Å². The normalized spacial score (nSPS) is 19.2. The first kappa shape index (κ1) is 11.7. The maximum atomic E-state index is 5.68. The van der Waals surface area contributed by atoms with E-state index in [0.717, 1.165) is 12.5 Å². The van der Waals surface area contributed by atoms with Crippen LogP contribution in [0.15, 0.2) is 12.1 Å². The van der Waals surface area contributed by atoms with Gasteiger partial charge in [-0.05, 0) is 44.0 Å². The molecule has 3 heteroatoms. The van der Waals surface area contributed by atoms with Crippen LogP contribution in [0.2, 0.25) is 0 Å². The van der Waals surface area contributed by atoms with E-state index in [2.05, 4.69) is 35.6 Å². The van der Waals surface area contributed by atoms with Gasteiger partial charge in [-0.15, -0.1) is 0 Å². The largest absolute Gasteiger partial charge is 0.349 e. The summed E-state index contributed by atoms with van der Waals surface area (Å²) < 4.78 is 2.23. The Morgan fingerprint density at radius 3 is 2.44 bits per heavy atom. The molecule has 1 aromatic rings. The highest BCUT2D eigenvalue weighted by atomic mass is 15.1. The minimum atomic E-state index is 0.632. The van der Waals surface area contributed by atoms with Crippen LogP contribution in [-0.2, 0) is 20.1 Å². The van der Waals surface area contributed by atoms with Crippen molar-refractivity contribution in [3.63, 3.8) is 0 Å². The fraction of sp³-hybridized carbons (Fsp3) is 0.692. The summed E-state index contributed by atoms with van der Waals surface area (Å²) in [6.45, 7) is 6.54. The van der Waals surface area contributed by atoms with Crippen LogP contribution in [-0.4, -0.2) is 22.6 Å². The van der Waals surface area contributed by atoms with Gasteiger partial charge in [0.2, 0.25) is 0 Å². The molecule has 1 aromatic heterocycles. The molecule has 0 bridgehead atoms. The van der Waals surface area contributed by atoms with Crippen LogP contribution in [0.25, 0.3) is 0 Å². The standard InChI is InChI=1S/C13H23N3/c1-11-5-7-16(8-6-11)10-13-4-3-12(9-14)15(13)2/h3-4,11H,5-10,14H2,1-2H3. The van der Waals surface area contributed by atoms with Crippen molar-refractivity contribution in [3.05, 3.63) is 23.5 Å². The van der Waals surface area contributed by atoms with Crippen molar-refractivity contribution < 1.29 is 0 Å². The van der Waals surface area contributed by atoms with Crippen LogP contribution >= 0.6 is 0 Å². The third kappa shape index (κ3) is 2.47. The minimum Gasteiger partial charge on any atom is -0.349 e. The Balaban J connectivity index is 1.96. The predicted octanol–water partition coefficient (Wildman–Crippen LogP) is 1.72. The molecule has 3 nitrogen and oxygen atoms in total. The van der Waals surface area contributed by atoms with E-state index in [1.165, 1.54) is 37.3 Å². The van der Waals surface area contributed by atoms with Crippen LogP contribution < -0.4 is 5.73 Å². The van der Waals surface area contributed by atoms with Crippen molar-refractivity contribution in [2.45, 2.75) is 32.9 Å². The molecule has 2 N–H and O–H groups in total. The Kier molecular flexibility index (Phi) is 3.66. The van der Waals surface area contributed by atoms with Crippen LogP contribution in [0, 0.1) is 5.92 Å². The SMILES string of the molecule is CC1CCN(Cc2ccc(CN)n2C)CC1. The Morgan fingerprint density at radius 1 is 1.25 bits per heavy atom. The molecule has 0 atom stereocenters. The average molecular weight is 221 g/mol. The summed E-state index contributed by atoms with van der Waals surface area (Å²) in [4.78, 5) is 2.55. The number of aromatic nitrogens is 1. The molecular formula is C13H23N3. The van der Waals surface area contributed by atoms with Crippen molar-refractivity contribution in [2.75, 3.05) is 13.1 Å². The van der Waals surface area contributed by atoms with E-state index in [1.54, 1.807) is 0 Å². The quantitative estimate of drug-likeness (QED) is 0.843. The fourth-order valence-electron chi connectivity index (χ4n) is 2.41. The van der Waals surface area contributed by atoms with Gasteiger partial charge in [-0.1, -0.05) is 6.92 Å². The molecule has 0 spiro atoms. The maximum Gasteiger partial charge on any atom is 0.0387 e. The lowest BCUT2D eigenvalue weighted by molar-refractivity contribution is 0.182. The molecule has 1 fully saturated rings. The zero-order chi connectivity index (χ0) is 11.5. The second-order valence-electron chi connectivity index (χ2n) is 5.04. The first-order valence-corrected chi connectivity index (χ1v) is 6.26. The molecule has 0 radical (unpaired) electrons.